The van der Waals surface area contributed by atoms with E-state index in [1.165, 1.54) is 30.3 Å². The van der Waals surface area contributed by atoms with E-state index in [4.69, 9.17) is 4.74 Å². The number of carbonyl (C=O) groups excluding carboxylic acids is 2. The molecule has 2 heterocycles. The Bertz CT molecular complexity index is 1350. The molecule has 1 aliphatic carbocycles. The van der Waals surface area contributed by atoms with Crippen molar-refractivity contribution in [2.24, 2.45) is 0 Å². The van der Waals surface area contributed by atoms with Gasteiger partial charge >= 0.3 is 0 Å². The molecule has 0 amide bonds. The molecule has 0 radical (unpaired) electrons. The largest absolute Gasteiger partial charge is 0.508 e. The fourth-order valence-corrected chi connectivity index (χ4v) is 5.07. The summed E-state index contributed by atoms with van der Waals surface area (Å²) < 4.78 is 5.40. The smallest absolute Gasteiger partial charge is 0.209 e. The lowest BCUT2D eigenvalue weighted by Gasteiger charge is -2.47. The number of aliphatic hydroxyl groups is 10. The molecule has 1 aromatic carbocycles. The highest BCUT2D eigenvalue weighted by Crippen LogP contribution is 2.42. The van der Waals surface area contributed by atoms with Crippen molar-refractivity contribution in [1.82, 2.24) is 5.32 Å². The molecule has 4 rings (SSSR count). The van der Waals surface area contributed by atoms with Crippen molar-refractivity contribution in [3.63, 3.8) is 0 Å². The lowest BCUT2D eigenvalue weighted by molar-refractivity contribution is -0.259. The van der Waals surface area contributed by atoms with Gasteiger partial charge in [0.1, 0.15) is 65.6 Å². The van der Waals surface area contributed by atoms with Crippen LogP contribution >= 0.6 is 0 Å². The molecule has 228 valence electrons. The Hall–Kier alpha value is -3.64. The summed E-state index contributed by atoms with van der Waals surface area (Å²) in [6, 6.07) is 4.32. The first kappa shape index (κ1) is 31.3. The van der Waals surface area contributed by atoms with Crippen LogP contribution in [0, 0.1) is 0 Å². The van der Waals surface area contributed by atoms with Crippen molar-refractivity contribution in [3.05, 3.63) is 70.3 Å². The molecular formula is C27H31NO14. The number of hydrogen-bond acceptors (Lipinski definition) is 15. The molecule has 3 aliphatic rings. The van der Waals surface area contributed by atoms with E-state index in [9.17, 15) is 65.8 Å². The van der Waals surface area contributed by atoms with Gasteiger partial charge in [0.15, 0.2) is 11.4 Å². The van der Waals surface area contributed by atoms with Gasteiger partial charge in [0, 0.05) is 5.57 Å². The van der Waals surface area contributed by atoms with Crippen LogP contribution in [-0.2, 0) is 14.3 Å². The summed E-state index contributed by atoms with van der Waals surface area (Å²) in [5.41, 5.74) is -5.57. The molecule has 0 saturated carbocycles. The average molecular weight is 594 g/mol. The second-order valence-corrected chi connectivity index (χ2v) is 10.1. The summed E-state index contributed by atoms with van der Waals surface area (Å²) in [6.45, 7) is -1.69. The number of phenols is 1. The van der Waals surface area contributed by atoms with E-state index < -0.39 is 108 Å². The molecule has 12 N–H and O–H groups in total. The average Bonchev–Trinajstić information content (AvgIpc) is 3.26. The molecule has 9 atom stereocenters. The maximum atomic E-state index is 13.9. The molecule has 0 aromatic heterocycles. The summed E-state index contributed by atoms with van der Waals surface area (Å²) in [7, 11) is 0. The summed E-state index contributed by atoms with van der Waals surface area (Å²) in [6.07, 6.45) is -11.2. The molecule has 15 nitrogen and oxygen atoms in total. The van der Waals surface area contributed by atoms with Gasteiger partial charge < -0.3 is 66.2 Å². The second kappa shape index (κ2) is 11.9. The summed E-state index contributed by atoms with van der Waals surface area (Å²) in [5.74, 6) is -5.09. The monoisotopic (exact) mass is 593 g/mol. The predicted molar refractivity (Wildman–Crippen MR) is 139 cm³/mol. The summed E-state index contributed by atoms with van der Waals surface area (Å²) in [4.78, 5) is 27.0. The van der Waals surface area contributed by atoms with Crippen molar-refractivity contribution >= 4 is 17.6 Å². The number of Topliss-reactive ketones (excluding diaryl/α,β-unsaturated/α-hetero) is 1. The van der Waals surface area contributed by atoms with E-state index in [-0.39, 0.29) is 5.75 Å². The molecule has 0 spiro atoms. The highest BCUT2D eigenvalue weighted by molar-refractivity contribution is 6.31. The maximum absolute atomic E-state index is 13.9. The first-order valence-electron chi connectivity index (χ1n) is 12.7. The molecule has 15 heteroatoms. The minimum absolute atomic E-state index is 0.0525. The van der Waals surface area contributed by atoms with Crippen molar-refractivity contribution in [2.75, 3.05) is 13.2 Å². The Morgan fingerprint density at radius 2 is 1.57 bits per heavy atom. The lowest BCUT2D eigenvalue weighted by atomic mass is 9.70. The standard InChI is InChI=1S/C27H31NO14/c29-8-13-20(35)22(37)18(28-13)19(34)12-7-15(33)17(14(32)6-3-10-1-4-11(31)5-2-10)25(40)27(12,41)26-24(39)23(38)21(36)16(9-30)42-26/h1-7,13,16,20-24,26,28-32,34-39,41H,8-9H2/b6-3+,17-14?,19-18-/t13-,16-,20-,21+,22-,23+,24-,26-,27-/m1/s1. The fraction of sp³-hybridized carbons (Fsp3) is 0.407. The number of phenolic OH excluding ortho intramolecular Hbond substituents is 1. The maximum Gasteiger partial charge on any atom is 0.209 e. The van der Waals surface area contributed by atoms with Crippen LogP contribution in [0.2, 0.25) is 0 Å². The summed E-state index contributed by atoms with van der Waals surface area (Å²) >= 11 is 0. The molecule has 2 saturated heterocycles. The number of rotatable bonds is 6. The van der Waals surface area contributed by atoms with Crippen LogP contribution in [0.25, 0.3) is 6.08 Å². The number of allylic oxidation sites excluding steroid dienone is 2. The van der Waals surface area contributed by atoms with Crippen molar-refractivity contribution in [1.29, 1.82) is 0 Å². The number of ketones is 2. The minimum atomic E-state index is -3.32. The number of aromatic hydroxyl groups is 1. The summed E-state index contributed by atoms with van der Waals surface area (Å²) in [5, 5.41) is 117. The third-order valence-corrected chi connectivity index (χ3v) is 7.47. The van der Waals surface area contributed by atoms with Gasteiger partial charge in [-0.25, -0.2) is 0 Å². The molecule has 2 aliphatic heterocycles. The molecular weight excluding hydrogens is 562 g/mol. The van der Waals surface area contributed by atoms with Crippen LogP contribution in [0.5, 0.6) is 5.75 Å². The lowest BCUT2D eigenvalue weighted by Crippen LogP contribution is -2.69. The Morgan fingerprint density at radius 1 is 0.929 bits per heavy atom. The number of carbonyl (C=O) groups is 2. The van der Waals surface area contributed by atoms with E-state index in [1.54, 1.807) is 0 Å². The number of hydrogen-bond donors (Lipinski definition) is 12. The zero-order valence-corrected chi connectivity index (χ0v) is 21.7. The second-order valence-electron chi connectivity index (χ2n) is 10.1. The van der Waals surface area contributed by atoms with Crippen LogP contribution in [0.1, 0.15) is 5.56 Å². The van der Waals surface area contributed by atoms with Gasteiger partial charge in [0.05, 0.1) is 25.0 Å². The van der Waals surface area contributed by atoms with Crippen molar-refractivity contribution in [2.45, 2.75) is 54.4 Å². The molecule has 2 fully saturated rings. The highest BCUT2D eigenvalue weighted by atomic mass is 16.6. The minimum Gasteiger partial charge on any atom is -0.508 e. The first-order chi connectivity index (χ1) is 19.8. The number of benzene rings is 1. The third kappa shape index (κ3) is 5.22. The van der Waals surface area contributed by atoms with Crippen LogP contribution in [-0.4, -0.2) is 135 Å². The normalized spacial score (nSPS) is 38.0. The van der Waals surface area contributed by atoms with Crippen molar-refractivity contribution < 1.29 is 70.5 Å². The first-order valence-corrected chi connectivity index (χ1v) is 12.7. The Balaban J connectivity index is 1.89. The van der Waals surface area contributed by atoms with E-state index >= 15 is 0 Å². The zero-order chi connectivity index (χ0) is 31.1. The molecule has 0 bridgehead atoms. The van der Waals surface area contributed by atoms with Gasteiger partial charge in [-0.3, -0.25) is 9.59 Å². The quantitative estimate of drug-likeness (QED) is 0.0860. The van der Waals surface area contributed by atoms with Crippen LogP contribution in [0.4, 0.5) is 0 Å². The van der Waals surface area contributed by atoms with Crippen LogP contribution < -0.4 is 5.32 Å². The van der Waals surface area contributed by atoms with Gasteiger partial charge in [0.25, 0.3) is 0 Å². The topological polar surface area (TPSA) is 278 Å². The van der Waals surface area contributed by atoms with Gasteiger partial charge in [0.2, 0.25) is 5.78 Å². The molecule has 42 heavy (non-hydrogen) atoms. The number of ether oxygens (including phenoxy) is 1. The molecule has 0 unspecified atom stereocenters. The van der Waals surface area contributed by atoms with Gasteiger partial charge in [-0.2, -0.15) is 0 Å². The van der Waals surface area contributed by atoms with Gasteiger partial charge in [-0.15, -0.1) is 0 Å². The number of nitrogens with one attached hydrogen (secondary N) is 1. The van der Waals surface area contributed by atoms with E-state index in [1.807, 2.05) is 0 Å². The Morgan fingerprint density at radius 3 is 2.14 bits per heavy atom. The Labute approximate surface area is 237 Å². The van der Waals surface area contributed by atoms with Crippen molar-refractivity contribution in [3.8, 4) is 5.75 Å². The third-order valence-electron chi connectivity index (χ3n) is 7.47. The van der Waals surface area contributed by atoms with Gasteiger partial charge in [-0.1, -0.05) is 18.2 Å². The Kier molecular flexibility index (Phi) is 8.89. The number of aliphatic hydroxyl groups excluding tert-OH is 9. The molecule has 1 aromatic rings. The fourth-order valence-electron chi connectivity index (χ4n) is 5.07. The SMILES string of the molecule is O=C1C=C(/C(O)=C2/N[C@H](CO)[C@@H](O)[C@@H]2O)[C@](O)([C@@H]2O[C@H](CO)[C@H](O)[C@H](O)[C@H]2O)C(=O)C1=C(O)/C=C/c1ccc(O)cc1. The zero-order valence-electron chi connectivity index (χ0n) is 21.7. The van der Waals surface area contributed by atoms with E-state index in [2.05, 4.69) is 5.32 Å². The van der Waals surface area contributed by atoms with Crippen LogP contribution in [0.3, 0.4) is 0 Å². The van der Waals surface area contributed by atoms with Gasteiger partial charge in [-0.05, 0) is 29.8 Å². The van der Waals surface area contributed by atoms with E-state index in [0.29, 0.717) is 11.6 Å². The van der Waals surface area contributed by atoms with E-state index in [0.717, 1.165) is 6.08 Å². The highest BCUT2D eigenvalue weighted by Gasteiger charge is 2.61. The predicted octanol–water partition coefficient (Wildman–Crippen LogP) is -3.68. The van der Waals surface area contributed by atoms with Crippen LogP contribution in [0.15, 0.2) is 64.8 Å².